The second kappa shape index (κ2) is 10.0. The van der Waals surface area contributed by atoms with Gasteiger partial charge in [0.25, 0.3) is 0 Å². The summed E-state index contributed by atoms with van der Waals surface area (Å²) in [4.78, 5) is 11.5. The second-order valence-corrected chi connectivity index (χ2v) is 9.51. The molecule has 0 radical (unpaired) electrons. The highest BCUT2D eigenvalue weighted by atomic mass is 35.5. The van der Waals surface area contributed by atoms with Crippen LogP contribution >= 0.6 is 11.6 Å². The van der Waals surface area contributed by atoms with Crippen molar-refractivity contribution in [3.05, 3.63) is 94.3 Å². The molecule has 10 heteroatoms. The van der Waals surface area contributed by atoms with Crippen LogP contribution < -0.4 is 4.74 Å². The summed E-state index contributed by atoms with van der Waals surface area (Å²) < 4.78 is 45.7. The van der Waals surface area contributed by atoms with Crippen LogP contribution in [0.4, 0.5) is 4.39 Å². The van der Waals surface area contributed by atoms with Crippen molar-refractivity contribution in [3.8, 4) is 11.8 Å². The van der Waals surface area contributed by atoms with Gasteiger partial charge in [-0.2, -0.15) is 9.57 Å². The molecule has 1 N–H and O–H groups in total. The molecular formula is C23H18ClFN2O5S. The van der Waals surface area contributed by atoms with Gasteiger partial charge >= 0.3 is 5.97 Å². The quantitative estimate of drug-likeness (QED) is 0.504. The highest BCUT2D eigenvalue weighted by Gasteiger charge is 2.24. The van der Waals surface area contributed by atoms with Gasteiger partial charge in [-0.05, 0) is 48.0 Å². The van der Waals surface area contributed by atoms with Gasteiger partial charge in [0.15, 0.2) is 0 Å². The molecule has 0 heterocycles. The fourth-order valence-corrected chi connectivity index (χ4v) is 4.29. The molecule has 0 aliphatic heterocycles. The number of benzene rings is 3. The number of hydrogen-bond acceptors (Lipinski definition) is 5. The van der Waals surface area contributed by atoms with Gasteiger partial charge in [0.05, 0.1) is 21.6 Å². The average molecular weight is 489 g/mol. The van der Waals surface area contributed by atoms with E-state index in [0.717, 1.165) is 10.4 Å². The molecule has 0 spiro atoms. The van der Waals surface area contributed by atoms with Gasteiger partial charge in [-0.15, -0.1) is 0 Å². The number of nitrogens with zero attached hydrogens (tertiary/aromatic N) is 2. The van der Waals surface area contributed by atoms with E-state index in [0.29, 0.717) is 16.7 Å². The fourth-order valence-electron chi connectivity index (χ4n) is 3.00. The molecule has 0 saturated carbocycles. The molecular weight excluding hydrogens is 471 g/mol. The molecule has 3 aromatic rings. The Morgan fingerprint density at radius 1 is 1.18 bits per heavy atom. The first-order valence-corrected chi connectivity index (χ1v) is 11.3. The summed E-state index contributed by atoms with van der Waals surface area (Å²) in [6.45, 7) is -0.0145. The van der Waals surface area contributed by atoms with Crippen LogP contribution in [0.15, 0.2) is 71.6 Å². The number of carbonyl (C=O) groups is 1. The van der Waals surface area contributed by atoms with Crippen molar-refractivity contribution in [1.29, 1.82) is 5.26 Å². The molecule has 3 aromatic carbocycles. The van der Waals surface area contributed by atoms with Crippen LogP contribution in [0, 0.1) is 17.1 Å². The lowest BCUT2D eigenvalue weighted by Gasteiger charge is -2.18. The van der Waals surface area contributed by atoms with Crippen LogP contribution in [0.2, 0.25) is 5.02 Å². The zero-order valence-corrected chi connectivity index (χ0v) is 18.8. The summed E-state index contributed by atoms with van der Waals surface area (Å²) in [5, 5.41) is 18.4. The molecule has 1 unspecified atom stereocenters. The van der Waals surface area contributed by atoms with E-state index in [1.54, 1.807) is 30.3 Å². The van der Waals surface area contributed by atoms with Crippen molar-refractivity contribution >= 4 is 27.6 Å². The topological polar surface area (TPSA) is 108 Å². The molecule has 3 rings (SSSR count). The van der Waals surface area contributed by atoms with E-state index >= 15 is 0 Å². The van der Waals surface area contributed by atoms with E-state index in [1.807, 2.05) is 6.07 Å². The Hall–Kier alpha value is -3.45. The normalized spacial score (nSPS) is 12.2. The van der Waals surface area contributed by atoms with Crippen molar-refractivity contribution in [1.82, 2.24) is 4.31 Å². The van der Waals surface area contributed by atoms with Crippen LogP contribution in [0.1, 0.15) is 22.8 Å². The van der Waals surface area contributed by atoms with Crippen LogP contribution in [-0.2, 0) is 21.4 Å². The van der Waals surface area contributed by atoms with Gasteiger partial charge in [-0.1, -0.05) is 35.9 Å². The number of rotatable bonds is 8. The monoisotopic (exact) mass is 488 g/mol. The number of halogens is 2. The first-order valence-electron chi connectivity index (χ1n) is 9.51. The third kappa shape index (κ3) is 5.68. The zero-order chi connectivity index (χ0) is 24.2. The Labute approximate surface area is 195 Å². The summed E-state index contributed by atoms with van der Waals surface area (Å²) in [5.41, 5.74) is 1.22. The van der Waals surface area contributed by atoms with Gasteiger partial charge in [0.2, 0.25) is 16.1 Å². The van der Waals surface area contributed by atoms with E-state index < -0.39 is 27.9 Å². The van der Waals surface area contributed by atoms with Crippen LogP contribution in [0.25, 0.3) is 0 Å². The molecule has 0 fully saturated rings. The van der Waals surface area contributed by atoms with Gasteiger partial charge in [0.1, 0.15) is 11.6 Å². The maximum absolute atomic E-state index is 13.7. The first kappa shape index (κ1) is 24.2. The van der Waals surface area contributed by atoms with Crippen LogP contribution in [-0.4, -0.2) is 30.8 Å². The van der Waals surface area contributed by atoms with Gasteiger partial charge in [-0.25, -0.2) is 17.6 Å². The Balaban J connectivity index is 1.74. The summed E-state index contributed by atoms with van der Waals surface area (Å²) in [6.07, 6.45) is -1.33. The number of sulfonamides is 1. The predicted molar refractivity (Wildman–Crippen MR) is 119 cm³/mol. The van der Waals surface area contributed by atoms with Gasteiger partial charge in [0, 0.05) is 19.2 Å². The van der Waals surface area contributed by atoms with Crippen molar-refractivity contribution in [2.75, 3.05) is 7.05 Å². The molecule has 0 aliphatic rings. The van der Waals surface area contributed by atoms with Crippen molar-refractivity contribution in [2.45, 2.75) is 17.5 Å². The Morgan fingerprint density at radius 2 is 1.88 bits per heavy atom. The number of ether oxygens (including phenoxy) is 1. The molecule has 0 saturated heterocycles. The number of nitriles is 1. The maximum atomic E-state index is 13.7. The lowest BCUT2D eigenvalue weighted by molar-refractivity contribution is -0.145. The van der Waals surface area contributed by atoms with Gasteiger partial charge < -0.3 is 9.84 Å². The highest BCUT2D eigenvalue weighted by molar-refractivity contribution is 7.89. The molecule has 1 atom stereocenters. The van der Waals surface area contributed by atoms with Crippen LogP contribution in [0.3, 0.4) is 0 Å². The number of hydrogen-bond donors (Lipinski definition) is 1. The van der Waals surface area contributed by atoms with Gasteiger partial charge in [-0.3, -0.25) is 0 Å². The Morgan fingerprint density at radius 3 is 2.48 bits per heavy atom. The highest BCUT2D eigenvalue weighted by Crippen LogP contribution is 2.25. The van der Waals surface area contributed by atoms with E-state index in [1.165, 1.54) is 37.4 Å². The van der Waals surface area contributed by atoms with E-state index in [-0.39, 0.29) is 22.2 Å². The average Bonchev–Trinajstić information content (AvgIpc) is 2.80. The minimum absolute atomic E-state index is 0.0145. The zero-order valence-electron chi connectivity index (χ0n) is 17.3. The van der Waals surface area contributed by atoms with Crippen molar-refractivity contribution in [2.24, 2.45) is 0 Å². The maximum Gasteiger partial charge on any atom is 0.349 e. The smallest absolute Gasteiger partial charge is 0.349 e. The fraction of sp³-hybridized carbons (Fsp3) is 0.130. The van der Waals surface area contributed by atoms with Crippen molar-refractivity contribution in [3.63, 3.8) is 0 Å². The summed E-state index contributed by atoms with van der Waals surface area (Å²) in [7, 11) is -2.60. The van der Waals surface area contributed by atoms with E-state index in [2.05, 4.69) is 0 Å². The minimum atomic E-state index is -3.96. The van der Waals surface area contributed by atoms with E-state index in [4.69, 9.17) is 21.6 Å². The molecule has 7 nitrogen and oxygen atoms in total. The largest absolute Gasteiger partial charge is 0.478 e. The number of carboxylic acids is 1. The van der Waals surface area contributed by atoms with E-state index in [9.17, 15) is 22.7 Å². The van der Waals surface area contributed by atoms with Crippen molar-refractivity contribution < 1.29 is 27.4 Å². The molecule has 0 aliphatic carbocycles. The molecule has 0 amide bonds. The van der Waals surface area contributed by atoms with Crippen LogP contribution in [0.5, 0.6) is 5.75 Å². The lowest BCUT2D eigenvalue weighted by Crippen LogP contribution is -2.26. The summed E-state index contributed by atoms with van der Waals surface area (Å²) in [6, 6.07) is 17.5. The third-order valence-corrected chi connectivity index (χ3v) is 6.83. The standard InChI is InChI=1S/C23H18ClFN2O5S/c1-27(33(30,31)19-9-10-20(24)21(25)12-19)14-15-5-7-18(8-6-15)32-22(23(28)29)17-4-2-3-16(11-17)13-26/h2-12,22H,14H2,1H3,(H,28,29). The first-order chi connectivity index (χ1) is 15.6. The Kier molecular flexibility index (Phi) is 7.33. The SMILES string of the molecule is CN(Cc1ccc(OC(C(=O)O)c2cccc(C#N)c2)cc1)S(=O)(=O)c1ccc(Cl)c(F)c1. The molecule has 0 bridgehead atoms. The summed E-state index contributed by atoms with van der Waals surface area (Å²) in [5.74, 6) is -1.81. The number of carboxylic acid groups (broad SMARTS) is 1. The third-order valence-electron chi connectivity index (χ3n) is 4.72. The Bertz CT molecular complexity index is 1320. The lowest BCUT2D eigenvalue weighted by atomic mass is 10.1. The predicted octanol–water partition coefficient (Wildman–Crippen LogP) is 4.38. The minimum Gasteiger partial charge on any atom is -0.478 e. The summed E-state index contributed by atoms with van der Waals surface area (Å²) >= 11 is 5.62. The number of aliphatic carboxylic acids is 1. The molecule has 0 aromatic heterocycles. The molecule has 170 valence electrons. The second-order valence-electron chi connectivity index (χ2n) is 7.05. The molecule has 33 heavy (non-hydrogen) atoms.